The van der Waals surface area contributed by atoms with E-state index in [9.17, 15) is 5.11 Å². The fourth-order valence-electron chi connectivity index (χ4n) is 2.12. The summed E-state index contributed by atoms with van der Waals surface area (Å²) in [5.74, 6) is 0.847. The van der Waals surface area contributed by atoms with Crippen LogP contribution in [0.25, 0.3) is 0 Å². The molecule has 0 aromatic heterocycles. The molecule has 1 aromatic carbocycles. The smallest absolute Gasteiger partial charge is 0.118 e. The summed E-state index contributed by atoms with van der Waals surface area (Å²) in [7, 11) is 1.66. The zero-order chi connectivity index (χ0) is 14.8. The van der Waals surface area contributed by atoms with E-state index in [0.29, 0.717) is 19.4 Å². The molecule has 0 heterocycles. The van der Waals surface area contributed by atoms with Gasteiger partial charge in [0.1, 0.15) is 5.75 Å². The highest BCUT2D eigenvalue weighted by Gasteiger charge is 2.13. The highest BCUT2D eigenvalue weighted by molar-refractivity contribution is 5.26. The van der Waals surface area contributed by atoms with Gasteiger partial charge in [0.05, 0.1) is 25.9 Å². The van der Waals surface area contributed by atoms with Crippen LogP contribution in [-0.2, 0) is 11.3 Å². The number of aliphatic hydroxyl groups is 1. The third-order valence-corrected chi connectivity index (χ3v) is 3.23. The summed E-state index contributed by atoms with van der Waals surface area (Å²) >= 11 is 0. The first kappa shape index (κ1) is 16.7. The average molecular weight is 278 g/mol. The molecule has 0 unspecified atom stereocenters. The lowest BCUT2D eigenvalue weighted by Gasteiger charge is -2.20. The maximum absolute atomic E-state index is 9.84. The highest BCUT2D eigenvalue weighted by Crippen LogP contribution is 2.16. The van der Waals surface area contributed by atoms with Crippen LogP contribution in [0.4, 0.5) is 0 Å². The van der Waals surface area contributed by atoms with E-state index >= 15 is 0 Å². The van der Waals surface area contributed by atoms with Gasteiger partial charge in [-0.3, -0.25) is 0 Å². The van der Waals surface area contributed by atoms with Gasteiger partial charge >= 0.3 is 0 Å². The van der Waals surface area contributed by atoms with Crippen molar-refractivity contribution in [2.24, 2.45) is 0 Å². The van der Waals surface area contributed by atoms with Crippen molar-refractivity contribution < 1.29 is 14.6 Å². The molecule has 3 nitrogen and oxygen atoms in total. The summed E-state index contributed by atoms with van der Waals surface area (Å²) in [4.78, 5) is 0. The Bertz CT molecular complexity index is 372. The standard InChI is InChI=1S/C17H26O3/c1-4-6-15(18)12-17(7-5-2)20-13-14-8-10-16(19-3)11-9-14/h4,8-11,15,17-18H,1,5-7,12-13H2,2-3H3/t15-,17-/m1/s1. The minimum atomic E-state index is -0.361. The molecule has 0 bridgehead atoms. The Morgan fingerprint density at radius 3 is 2.55 bits per heavy atom. The van der Waals surface area contributed by atoms with Crippen molar-refractivity contribution in [2.75, 3.05) is 7.11 Å². The maximum atomic E-state index is 9.84. The van der Waals surface area contributed by atoms with Crippen molar-refractivity contribution in [1.82, 2.24) is 0 Å². The number of hydrogen-bond acceptors (Lipinski definition) is 3. The summed E-state index contributed by atoms with van der Waals surface area (Å²) in [6.45, 7) is 6.34. The first-order valence-electron chi connectivity index (χ1n) is 7.23. The number of hydrogen-bond donors (Lipinski definition) is 1. The first-order chi connectivity index (χ1) is 9.69. The average Bonchev–Trinajstić information content (AvgIpc) is 2.46. The fourth-order valence-corrected chi connectivity index (χ4v) is 2.12. The van der Waals surface area contributed by atoms with Crippen LogP contribution in [0.2, 0.25) is 0 Å². The molecule has 0 aliphatic rings. The van der Waals surface area contributed by atoms with Crippen LogP contribution in [-0.4, -0.2) is 24.4 Å². The van der Waals surface area contributed by atoms with Gasteiger partial charge in [0, 0.05) is 0 Å². The minimum absolute atomic E-state index is 0.0945. The minimum Gasteiger partial charge on any atom is -0.497 e. The first-order valence-corrected chi connectivity index (χ1v) is 7.23. The predicted molar refractivity (Wildman–Crippen MR) is 81.9 cm³/mol. The van der Waals surface area contributed by atoms with E-state index in [0.717, 1.165) is 24.2 Å². The molecule has 2 atom stereocenters. The van der Waals surface area contributed by atoms with E-state index in [2.05, 4.69) is 13.5 Å². The molecule has 0 fully saturated rings. The van der Waals surface area contributed by atoms with Gasteiger partial charge in [0.25, 0.3) is 0 Å². The summed E-state index contributed by atoms with van der Waals surface area (Å²) in [5, 5.41) is 9.84. The molecule has 0 saturated carbocycles. The molecule has 0 amide bonds. The van der Waals surface area contributed by atoms with Crippen LogP contribution >= 0.6 is 0 Å². The monoisotopic (exact) mass is 278 g/mol. The number of ether oxygens (including phenoxy) is 2. The lowest BCUT2D eigenvalue weighted by molar-refractivity contribution is -0.000211. The zero-order valence-corrected chi connectivity index (χ0v) is 12.5. The summed E-state index contributed by atoms with van der Waals surface area (Å²) in [6.07, 6.45) is 4.77. The lowest BCUT2D eigenvalue weighted by Crippen LogP contribution is -2.20. The Morgan fingerprint density at radius 1 is 1.30 bits per heavy atom. The lowest BCUT2D eigenvalue weighted by atomic mass is 10.0. The van der Waals surface area contributed by atoms with Gasteiger partial charge in [0.15, 0.2) is 0 Å². The van der Waals surface area contributed by atoms with Gasteiger partial charge in [-0.25, -0.2) is 0 Å². The topological polar surface area (TPSA) is 38.7 Å². The van der Waals surface area contributed by atoms with Crippen LogP contribution in [0, 0.1) is 0 Å². The molecule has 1 aromatic rings. The Balaban J connectivity index is 2.46. The zero-order valence-electron chi connectivity index (χ0n) is 12.5. The van der Waals surface area contributed by atoms with E-state index in [1.165, 1.54) is 0 Å². The number of methoxy groups -OCH3 is 1. The van der Waals surface area contributed by atoms with E-state index in [-0.39, 0.29) is 12.2 Å². The summed E-state index contributed by atoms with van der Waals surface area (Å²) in [5.41, 5.74) is 1.12. The Morgan fingerprint density at radius 2 is 2.00 bits per heavy atom. The molecule has 0 spiro atoms. The number of rotatable bonds is 10. The Labute approximate surface area is 122 Å². The van der Waals surface area contributed by atoms with E-state index < -0.39 is 0 Å². The van der Waals surface area contributed by atoms with Gasteiger partial charge in [-0.15, -0.1) is 6.58 Å². The van der Waals surface area contributed by atoms with Crippen LogP contribution in [0.3, 0.4) is 0 Å². The van der Waals surface area contributed by atoms with Crippen molar-refractivity contribution in [3.05, 3.63) is 42.5 Å². The van der Waals surface area contributed by atoms with Crippen LogP contribution < -0.4 is 4.74 Å². The summed E-state index contributed by atoms with van der Waals surface area (Å²) < 4.78 is 11.1. The van der Waals surface area contributed by atoms with Gasteiger partial charge < -0.3 is 14.6 Å². The van der Waals surface area contributed by atoms with Crippen molar-refractivity contribution in [1.29, 1.82) is 0 Å². The molecule has 0 aliphatic carbocycles. The van der Waals surface area contributed by atoms with Crippen molar-refractivity contribution in [3.8, 4) is 5.75 Å². The molecule has 112 valence electrons. The summed E-state index contributed by atoms with van der Waals surface area (Å²) in [6, 6.07) is 7.87. The largest absolute Gasteiger partial charge is 0.497 e. The third kappa shape index (κ3) is 6.22. The SMILES string of the molecule is C=CC[C@@H](O)C[C@@H](CCC)OCc1ccc(OC)cc1. The number of benzene rings is 1. The van der Waals surface area contributed by atoms with E-state index in [4.69, 9.17) is 9.47 Å². The molecule has 0 aliphatic heterocycles. The predicted octanol–water partition coefficient (Wildman–Crippen LogP) is 3.71. The second kappa shape index (κ2) is 9.56. The van der Waals surface area contributed by atoms with Gasteiger partial charge in [-0.2, -0.15) is 0 Å². The third-order valence-electron chi connectivity index (χ3n) is 3.23. The van der Waals surface area contributed by atoms with Crippen molar-refractivity contribution >= 4 is 0 Å². The van der Waals surface area contributed by atoms with Crippen LogP contribution in [0.1, 0.15) is 38.2 Å². The molecule has 1 N–H and O–H groups in total. The Kier molecular flexibility index (Phi) is 8.00. The second-order valence-corrected chi connectivity index (χ2v) is 4.98. The normalized spacial score (nSPS) is 13.8. The molecular weight excluding hydrogens is 252 g/mol. The fraction of sp³-hybridized carbons (Fsp3) is 0.529. The highest BCUT2D eigenvalue weighted by atomic mass is 16.5. The molecule has 0 saturated heterocycles. The van der Waals surface area contributed by atoms with Crippen LogP contribution in [0.15, 0.2) is 36.9 Å². The van der Waals surface area contributed by atoms with Crippen LogP contribution in [0.5, 0.6) is 5.75 Å². The quantitative estimate of drug-likeness (QED) is 0.663. The van der Waals surface area contributed by atoms with Gasteiger partial charge in [0.2, 0.25) is 0 Å². The molecule has 3 heteroatoms. The molecule has 20 heavy (non-hydrogen) atoms. The van der Waals surface area contributed by atoms with Gasteiger partial charge in [-0.05, 0) is 37.0 Å². The van der Waals surface area contributed by atoms with E-state index in [1.807, 2.05) is 24.3 Å². The Hall–Kier alpha value is -1.32. The van der Waals surface area contributed by atoms with Gasteiger partial charge in [-0.1, -0.05) is 31.6 Å². The molecule has 1 rings (SSSR count). The van der Waals surface area contributed by atoms with Crippen molar-refractivity contribution in [2.45, 2.75) is 51.4 Å². The van der Waals surface area contributed by atoms with E-state index in [1.54, 1.807) is 13.2 Å². The molecule has 0 radical (unpaired) electrons. The van der Waals surface area contributed by atoms with Crippen molar-refractivity contribution in [3.63, 3.8) is 0 Å². The second-order valence-electron chi connectivity index (χ2n) is 4.98. The maximum Gasteiger partial charge on any atom is 0.118 e. The molecular formula is C17H26O3. The number of aliphatic hydroxyl groups excluding tert-OH is 1.